The van der Waals surface area contributed by atoms with Crippen molar-refractivity contribution >= 4 is 22.8 Å². The van der Waals surface area contributed by atoms with Gasteiger partial charge >= 0.3 is 0 Å². The highest BCUT2D eigenvalue weighted by Gasteiger charge is 2.44. The fourth-order valence-corrected chi connectivity index (χ4v) is 4.46. The summed E-state index contributed by atoms with van der Waals surface area (Å²) in [6.45, 7) is 3.39. The molecule has 2 aromatic rings. The number of hydrogen-bond acceptors (Lipinski definition) is 5. The second kappa shape index (κ2) is 6.29. The molecule has 7 heteroatoms. The molecule has 0 radical (unpaired) electrons. The van der Waals surface area contributed by atoms with Gasteiger partial charge in [0.15, 0.2) is 0 Å². The molecule has 0 unspecified atom stereocenters. The van der Waals surface area contributed by atoms with Crippen molar-refractivity contribution in [1.29, 1.82) is 0 Å². The number of anilines is 1. The number of aliphatic hydroxyl groups excluding tert-OH is 1. The van der Waals surface area contributed by atoms with Crippen LogP contribution in [0.5, 0.6) is 0 Å². The molecule has 2 fully saturated rings. The number of amides is 1. The Morgan fingerprint density at radius 3 is 2.80 bits per heavy atom. The Bertz CT molecular complexity index is 762. The molecule has 2 aliphatic rings. The lowest BCUT2D eigenvalue weighted by atomic mass is 10.0. The van der Waals surface area contributed by atoms with Crippen LogP contribution in [0.25, 0.3) is 11.0 Å². The molecular weight excluding hydrogens is 318 g/mol. The lowest BCUT2D eigenvalue weighted by molar-refractivity contribution is -0.139. The van der Waals surface area contributed by atoms with Gasteiger partial charge in [-0.05, 0) is 37.2 Å². The molecule has 0 bridgehead atoms. The molecule has 25 heavy (non-hydrogen) atoms. The van der Waals surface area contributed by atoms with Crippen molar-refractivity contribution in [3.05, 3.63) is 18.6 Å². The van der Waals surface area contributed by atoms with E-state index >= 15 is 0 Å². The largest absolute Gasteiger partial charge is 0.383 e. The van der Waals surface area contributed by atoms with Gasteiger partial charge in [0.1, 0.15) is 23.9 Å². The maximum Gasteiger partial charge on any atom is 0.251 e. The van der Waals surface area contributed by atoms with Gasteiger partial charge in [0.05, 0.1) is 5.39 Å². The number of aromatic nitrogens is 3. The number of aliphatic hydroxyl groups is 1. The second-order valence-electron chi connectivity index (χ2n) is 7.36. The number of likely N-dealkylation sites (tertiary alicyclic amines) is 1. The second-order valence-corrected chi connectivity index (χ2v) is 7.36. The highest BCUT2D eigenvalue weighted by Crippen LogP contribution is 2.41. The maximum atomic E-state index is 12.2. The molecule has 7 nitrogen and oxygen atoms in total. The van der Waals surface area contributed by atoms with Gasteiger partial charge in [-0.15, -0.1) is 0 Å². The van der Waals surface area contributed by atoms with E-state index in [4.69, 9.17) is 0 Å². The SMILES string of the molecule is CC[C@H](O)C(=O)N1C[C@H]2C[C@H](N(C)c3ncnc4[nH]ccc34)C[C@H]2C1. The van der Waals surface area contributed by atoms with Gasteiger partial charge in [-0.1, -0.05) is 6.92 Å². The van der Waals surface area contributed by atoms with E-state index in [1.807, 2.05) is 24.1 Å². The van der Waals surface area contributed by atoms with Crippen molar-refractivity contribution in [2.45, 2.75) is 38.3 Å². The molecule has 0 spiro atoms. The van der Waals surface area contributed by atoms with Gasteiger partial charge in [0.2, 0.25) is 0 Å². The smallest absolute Gasteiger partial charge is 0.251 e. The third-order valence-electron chi connectivity index (χ3n) is 5.92. The zero-order chi connectivity index (χ0) is 17.6. The number of rotatable bonds is 4. The van der Waals surface area contributed by atoms with Gasteiger partial charge < -0.3 is 19.9 Å². The number of fused-ring (bicyclic) bond motifs is 2. The number of H-pyrrole nitrogens is 1. The van der Waals surface area contributed by atoms with Gasteiger partial charge in [0.25, 0.3) is 5.91 Å². The Kier molecular flexibility index (Phi) is 4.11. The minimum absolute atomic E-state index is 0.105. The van der Waals surface area contributed by atoms with Crippen LogP contribution in [0, 0.1) is 11.8 Å². The Hall–Kier alpha value is -2.15. The summed E-state index contributed by atoms with van der Waals surface area (Å²) in [7, 11) is 2.10. The quantitative estimate of drug-likeness (QED) is 0.876. The summed E-state index contributed by atoms with van der Waals surface area (Å²) in [6, 6.07) is 2.44. The third kappa shape index (κ3) is 2.76. The van der Waals surface area contributed by atoms with Crippen molar-refractivity contribution in [2.75, 3.05) is 25.0 Å². The van der Waals surface area contributed by atoms with E-state index in [-0.39, 0.29) is 5.91 Å². The number of nitrogens with one attached hydrogen (secondary N) is 1. The maximum absolute atomic E-state index is 12.2. The summed E-state index contributed by atoms with van der Waals surface area (Å²) in [5, 5.41) is 10.8. The minimum atomic E-state index is -0.847. The molecule has 0 aromatic carbocycles. The minimum Gasteiger partial charge on any atom is -0.383 e. The summed E-state index contributed by atoms with van der Waals surface area (Å²) in [4.78, 5) is 28.2. The van der Waals surface area contributed by atoms with Crippen LogP contribution in [-0.2, 0) is 4.79 Å². The van der Waals surface area contributed by atoms with E-state index in [1.54, 1.807) is 6.33 Å². The van der Waals surface area contributed by atoms with Gasteiger partial charge in [-0.3, -0.25) is 4.79 Å². The Balaban J connectivity index is 1.45. The van der Waals surface area contributed by atoms with Crippen LogP contribution < -0.4 is 4.90 Å². The van der Waals surface area contributed by atoms with Gasteiger partial charge in [-0.2, -0.15) is 0 Å². The predicted octanol–water partition coefficient (Wildman–Crippen LogP) is 1.40. The van der Waals surface area contributed by atoms with E-state index < -0.39 is 6.10 Å². The van der Waals surface area contributed by atoms with Crippen molar-refractivity contribution in [3.8, 4) is 0 Å². The Labute approximate surface area is 147 Å². The van der Waals surface area contributed by atoms with Crippen molar-refractivity contribution in [2.24, 2.45) is 11.8 Å². The lowest BCUT2D eigenvalue weighted by Gasteiger charge is -2.28. The molecule has 1 amide bonds. The van der Waals surface area contributed by atoms with Crippen LogP contribution in [-0.4, -0.2) is 63.1 Å². The predicted molar refractivity (Wildman–Crippen MR) is 95.2 cm³/mol. The Morgan fingerprint density at radius 2 is 2.12 bits per heavy atom. The highest BCUT2D eigenvalue weighted by atomic mass is 16.3. The number of nitrogens with zero attached hydrogens (tertiary/aromatic N) is 4. The van der Waals surface area contributed by atoms with Crippen LogP contribution in [0.4, 0.5) is 5.82 Å². The molecule has 4 atom stereocenters. The van der Waals surface area contributed by atoms with Crippen LogP contribution in [0.2, 0.25) is 0 Å². The molecule has 1 aliphatic heterocycles. The molecule has 2 aromatic heterocycles. The molecule has 1 aliphatic carbocycles. The van der Waals surface area contributed by atoms with Crippen molar-refractivity contribution < 1.29 is 9.90 Å². The summed E-state index contributed by atoms with van der Waals surface area (Å²) >= 11 is 0. The number of carbonyl (C=O) groups is 1. The summed E-state index contributed by atoms with van der Waals surface area (Å²) in [6.07, 6.45) is 5.25. The molecule has 4 rings (SSSR count). The van der Waals surface area contributed by atoms with Crippen molar-refractivity contribution in [1.82, 2.24) is 19.9 Å². The highest BCUT2D eigenvalue weighted by molar-refractivity contribution is 5.87. The van der Waals surface area contributed by atoms with E-state index in [0.29, 0.717) is 24.3 Å². The standard InChI is InChI=1S/C18H25N5O2/c1-3-15(24)18(25)23-8-11-6-13(7-12(11)9-23)22(2)17-14-4-5-19-16(14)20-10-21-17/h4-5,10-13,15,24H,3,6-9H2,1-2H3,(H,19,20,21)/t11-,12+,13+,15-/m0/s1. The fraction of sp³-hybridized carbons (Fsp3) is 0.611. The van der Waals surface area contributed by atoms with E-state index in [9.17, 15) is 9.90 Å². The topological polar surface area (TPSA) is 85.3 Å². The van der Waals surface area contributed by atoms with Crippen LogP contribution in [0.15, 0.2) is 18.6 Å². The summed E-state index contributed by atoms with van der Waals surface area (Å²) in [5.74, 6) is 1.89. The van der Waals surface area contributed by atoms with E-state index in [1.165, 1.54) is 0 Å². The first kappa shape index (κ1) is 16.3. The average molecular weight is 343 g/mol. The van der Waals surface area contributed by atoms with Crippen LogP contribution in [0.3, 0.4) is 0 Å². The fourth-order valence-electron chi connectivity index (χ4n) is 4.46. The number of carbonyl (C=O) groups excluding carboxylic acids is 1. The molecule has 134 valence electrons. The molecular formula is C18H25N5O2. The van der Waals surface area contributed by atoms with Crippen LogP contribution in [0.1, 0.15) is 26.2 Å². The molecule has 2 N–H and O–H groups in total. The number of hydrogen-bond donors (Lipinski definition) is 2. The summed E-state index contributed by atoms with van der Waals surface area (Å²) < 4.78 is 0. The molecule has 1 saturated carbocycles. The monoisotopic (exact) mass is 343 g/mol. The van der Waals surface area contributed by atoms with Crippen LogP contribution >= 0.6 is 0 Å². The van der Waals surface area contributed by atoms with E-state index in [0.717, 1.165) is 42.8 Å². The first-order valence-corrected chi connectivity index (χ1v) is 9.06. The summed E-state index contributed by atoms with van der Waals surface area (Å²) in [5.41, 5.74) is 0.861. The molecule has 3 heterocycles. The third-order valence-corrected chi connectivity index (χ3v) is 5.92. The van der Waals surface area contributed by atoms with Crippen molar-refractivity contribution in [3.63, 3.8) is 0 Å². The molecule has 1 saturated heterocycles. The zero-order valence-corrected chi connectivity index (χ0v) is 14.7. The Morgan fingerprint density at radius 1 is 1.40 bits per heavy atom. The first-order valence-electron chi connectivity index (χ1n) is 9.06. The average Bonchev–Trinajstić information content (AvgIpc) is 3.32. The lowest BCUT2D eigenvalue weighted by Crippen LogP contribution is -2.39. The number of aromatic amines is 1. The van der Waals surface area contributed by atoms with E-state index in [2.05, 4.69) is 26.9 Å². The van der Waals surface area contributed by atoms with Gasteiger partial charge in [0, 0.05) is 32.4 Å². The first-order chi connectivity index (χ1) is 12.1. The normalized spacial score (nSPS) is 26.8. The zero-order valence-electron chi connectivity index (χ0n) is 14.7. The van der Waals surface area contributed by atoms with Gasteiger partial charge in [-0.25, -0.2) is 9.97 Å².